The standard InChI is InChI=1S/C22H16BrFN2O/c23-16-5-3-4-15(12-16)22-26-20(18-6-1-2-7-21(18)27-22)13-19(25-26)14-8-10-17(24)11-9-14/h1-12,20,22H,13H2. The first kappa shape index (κ1) is 16.5. The molecule has 0 amide bonds. The third-order valence-corrected chi connectivity index (χ3v) is 5.50. The second-order valence-corrected chi connectivity index (χ2v) is 7.63. The van der Waals surface area contributed by atoms with Gasteiger partial charge in [-0.25, -0.2) is 9.40 Å². The largest absolute Gasteiger partial charge is 0.464 e. The average Bonchev–Trinajstić information content (AvgIpc) is 3.13. The van der Waals surface area contributed by atoms with E-state index in [-0.39, 0.29) is 18.1 Å². The van der Waals surface area contributed by atoms with Gasteiger partial charge in [-0.2, -0.15) is 5.10 Å². The van der Waals surface area contributed by atoms with Crippen molar-refractivity contribution in [2.45, 2.75) is 18.7 Å². The number of hydrogen-bond acceptors (Lipinski definition) is 3. The lowest BCUT2D eigenvalue weighted by atomic mass is 9.96. The molecule has 0 radical (unpaired) electrons. The summed E-state index contributed by atoms with van der Waals surface area (Å²) in [6.45, 7) is 0. The van der Waals surface area contributed by atoms with Crippen molar-refractivity contribution in [3.63, 3.8) is 0 Å². The Balaban J connectivity index is 1.60. The van der Waals surface area contributed by atoms with Gasteiger partial charge in [0.2, 0.25) is 6.23 Å². The molecular formula is C22H16BrFN2O. The monoisotopic (exact) mass is 422 g/mol. The number of nitrogens with zero attached hydrogens (tertiary/aromatic N) is 2. The Kier molecular flexibility index (Phi) is 3.97. The quantitative estimate of drug-likeness (QED) is 0.518. The number of fused-ring (bicyclic) bond motifs is 3. The highest BCUT2D eigenvalue weighted by Gasteiger charge is 2.40. The molecule has 0 bridgehead atoms. The predicted octanol–water partition coefficient (Wildman–Crippen LogP) is 5.83. The van der Waals surface area contributed by atoms with Crippen LogP contribution in [0.4, 0.5) is 4.39 Å². The topological polar surface area (TPSA) is 24.8 Å². The second kappa shape index (κ2) is 6.50. The van der Waals surface area contributed by atoms with Gasteiger partial charge in [-0.3, -0.25) is 0 Å². The van der Waals surface area contributed by atoms with Gasteiger partial charge in [0.25, 0.3) is 0 Å². The van der Waals surface area contributed by atoms with Gasteiger partial charge in [-0.05, 0) is 35.9 Å². The van der Waals surface area contributed by atoms with E-state index in [0.717, 1.165) is 39.0 Å². The van der Waals surface area contributed by atoms with Gasteiger partial charge in [0.05, 0.1) is 11.8 Å². The van der Waals surface area contributed by atoms with Gasteiger partial charge >= 0.3 is 0 Å². The number of para-hydroxylation sites is 1. The van der Waals surface area contributed by atoms with E-state index in [0.29, 0.717) is 0 Å². The van der Waals surface area contributed by atoms with Gasteiger partial charge in [-0.15, -0.1) is 0 Å². The number of rotatable bonds is 2. The first-order chi connectivity index (χ1) is 13.2. The van der Waals surface area contributed by atoms with Crippen LogP contribution in [0.15, 0.2) is 82.4 Å². The van der Waals surface area contributed by atoms with E-state index in [1.54, 1.807) is 12.1 Å². The van der Waals surface area contributed by atoms with Gasteiger partial charge in [-0.1, -0.05) is 58.4 Å². The number of ether oxygens (including phenoxy) is 1. The van der Waals surface area contributed by atoms with Crippen LogP contribution in [0, 0.1) is 5.82 Å². The summed E-state index contributed by atoms with van der Waals surface area (Å²) in [6.07, 6.45) is 0.455. The highest BCUT2D eigenvalue weighted by molar-refractivity contribution is 9.10. The summed E-state index contributed by atoms with van der Waals surface area (Å²) in [5.41, 5.74) is 4.05. The van der Waals surface area contributed by atoms with Crippen molar-refractivity contribution in [3.8, 4) is 5.75 Å². The molecule has 27 heavy (non-hydrogen) atoms. The van der Waals surface area contributed by atoms with Crippen molar-refractivity contribution in [1.29, 1.82) is 0 Å². The number of hydrazone groups is 1. The maximum Gasteiger partial charge on any atom is 0.213 e. The molecule has 3 nitrogen and oxygen atoms in total. The van der Waals surface area contributed by atoms with Gasteiger partial charge in [0.1, 0.15) is 11.6 Å². The molecule has 134 valence electrons. The van der Waals surface area contributed by atoms with Crippen LogP contribution in [0.1, 0.15) is 35.4 Å². The Morgan fingerprint density at radius 2 is 1.81 bits per heavy atom. The zero-order chi connectivity index (χ0) is 18.4. The predicted molar refractivity (Wildman–Crippen MR) is 106 cm³/mol. The number of hydrogen-bond donors (Lipinski definition) is 0. The molecule has 2 aliphatic rings. The Bertz CT molecular complexity index is 1030. The third kappa shape index (κ3) is 2.92. The molecule has 0 saturated heterocycles. The minimum atomic E-state index is -0.305. The van der Waals surface area contributed by atoms with Crippen molar-refractivity contribution in [2.75, 3.05) is 0 Å². The number of benzene rings is 3. The lowest BCUT2D eigenvalue weighted by Crippen LogP contribution is -2.33. The molecule has 0 saturated carbocycles. The maximum absolute atomic E-state index is 13.3. The maximum atomic E-state index is 13.3. The molecule has 3 aromatic carbocycles. The molecule has 5 rings (SSSR count). The summed E-state index contributed by atoms with van der Waals surface area (Å²) < 4.78 is 20.6. The van der Waals surface area contributed by atoms with Crippen molar-refractivity contribution in [2.24, 2.45) is 5.10 Å². The zero-order valence-corrected chi connectivity index (χ0v) is 15.9. The molecule has 2 aliphatic heterocycles. The van der Waals surface area contributed by atoms with Crippen LogP contribution in [0.3, 0.4) is 0 Å². The summed E-state index contributed by atoms with van der Waals surface area (Å²) in [6, 6.07) is 22.8. The lowest BCUT2D eigenvalue weighted by Gasteiger charge is -2.38. The Labute approximate surface area is 165 Å². The van der Waals surface area contributed by atoms with Crippen LogP contribution in [-0.4, -0.2) is 10.7 Å². The van der Waals surface area contributed by atoms with E-state index in [1.807, 2.05) is 41.4 Å². The highest BCUT2D eigenvalue weighted by Crippen LogP contribution is 2.47. The minimum Gasteiger partial charge on any atom is -0.464 e. The molecule has 0 N–H and O–H groups in total. The Morgan fingerprint density at radius 3 is 2.63 bits per heavy atom. The Hall–Kier alpha value is -2.66. The fraction of sp³-hybridized carbons (Fsp3) is 0.136. The smallest absolute Gasteiger partial charge is 0.213 e. The van der Waals surface area contributed by atoms with Gasteiger partial charge in [0, 0.05) is 22.0 Å². The molecule has 5 heteroatoms. The van der Waals surface area contributed by atoms with Crippen LogP contribution < -0.4 is 4.74 Å². The first-order valence-corrected chi connectivity index (χ1v) is 9.61. The Morgan fingerprint density at radius 1 is 1.00 bits per heavy atom. The third-order valence-electron chi connectivity index (χ3n) is 5.01. The lowest BCUT2D eigenvalue weighted by molar-refractivity contribution is -0.0190. The summed E-state index contributed by atoms with van der Waals surface area (Å²) >= 11 is 3.54. The summed E-state index contributed by atoms with van der Waals surface area (Å²) in [7, 11) is 0. The molecule has 0 aromatic heterocycles. The van der Waals surface area contributed by atoms with Crippen molar-refractivity contribution >= 4 is 21.6 Å². The molecule has 2 unspecified atom stereocenters. The SMILES string of the molecule is Fc1ccc(C2=NN3C(C2)c2ccccc2OC3c2cccc(Br)c2)cc1. The molecule has 0 spiro atoms. The average molecular weight is 423 g/mol. The molecule has 2 heterocycles. The highest BCUT2D eigenvalue weighted by atomic mass is 79.9. The summed E-state index contributed by atoms with van der Waals surface area (Å²) in [4.78, 5) is 0. The van der Waals surface area contributed by atoms with Crippen molar-refractivity contribution < 1.29 is 9.13 Å². The van der Waals surface area contributed by atoms with Gasteiger partial charge in [0.15, 0.2) is 0 Å². The molecule has 0 fully saturated rings. The van der Waals surface area contributed by atoms with Gasteiger partial charge < -0.3 is 4.74 Å². The van der Waals surface area contributed by atoms with Crippen LogP contribution in [-0.2, 0) is 0 Å². The van der Waals surface area contributed by atoms with E-state index in [9.17, 15) is 4.39 Å². The second-order valence-electron chi connectivity index (χ2n) is 6.72. The fourth-order valence-electron chi connectivity index (χ4n) is 3.73. The van der Waals surface area contributed by atoms with E-state index in [4.69, 9.17) is 9.84 Å². The van der Waals surface area contributed by atoms with Crippen LogP contribution >= 0.6 is 15.9 Å². The van der Waals surface area contributed by atoms with Crippen LogP contribution in [0.25, 0.3) is 0 Å². The van der Waals surface area contributed by atoms with E-state index in [2.05, 4.69) is 28.1 Å². The van der Waals surface area contributed by atoms with Crippen LogP contribution in [0.2, 0.25) is 0 Å². The minimum absolute atomic E-state index is 0.0963. The zero-order valence-electron chi connectivity index (χ0n) is 14.3. The summed E-state index contributed by atoms with van der Waals surface area (Å²) in [5.74, 6) is 0.648. The van der Waals surface area contributed by atoms with E-state index < -0.39 is 0 Å². The van der Waals surface area contributed by atoms with Crippen LogP contribution in [0.5, 0.6) is 5.75 Å². The van der Waals surface area contributed by atoms with E-state index >= 15 is 0 Å². The number of halogens is 2. The molecular weight excluding hydrogens is 407 g/mol. The molecule has 0 aliphatic carbocycles. The normalized spacial score (nSPS) is 20.5. The van der Waals surface area contributed by atoms with Crippen molar-refractivity contribution in [3.05, 3.63) is 99.8 Å². The van der Waals surface area contributed by atoms with Crippen molar-refractivity contribution in [1.82, 2.24) is 5.01 Å². The first-order valence-electron chi connectivity index (χ1n) is 8.82. The van der Waals surface area contributed by atoms with E-state index in [1.165, 1.54) is 12.1 Å². The molecule has 3 aromatic rings. The molecule has 2 atom stereocenters. The fourth-order valence-corrected chi connectivity index (χ4v) is 4.15. The summed E-state index contributed by atoms with van der Waals surface area (Å²) in [5, 5.41) is 6.91.